The predicted molar refractivity (Wildman–Crippen MR) is 81.9 cm³/mol. The molecule has 1 unspecified atom stereocenters. The number of methoxy groups -OCH3 is 1. The minimum Gasteiger partial charge on any atom is -0.481 e. The fourth-order valence-corrected chi connectivity index (χ4v) is 2.30. The molecule has 0 aliphatic carbocycles. The number of rotatable bonds is 5. The zero-order chi connectivity index (χ0) is 16.3. The molecule has 1 aromatic carbocycles. The summed E-state index contributed by atoms with van der Waals surface area (Å²) in [5, 5.41) is 19.7. The van der Waals surface area contributed by atoms with E-state index in [-0.39, 0.29) is 12.5 Å². The maximum atomic E-state index is 14.2. The largest absolute Gasteiger partial charge is 0.481 e. The van der Waals surface area contributed by atoms with Crippen LogP contribution in [0.15, 0.2) is 30.5 Å². The third-order valence-corrected chi connectivity index (χ3v) is 3.58. The molecule has 0 saturated heterocycles. The minimum atomic E-state index is -0.764. The van der Waals surface area contributed by atoms with E-state index in [1.54, 1.807) is 18.2 Å². The van der Waals surface area contributed by atoms with Gasteiger partial charge in [-0.1, -0.05) is 32.0 Å². The van der Waals surface area contributed by atoms with Gasteiger partial charge >= 0.3 is 0 Å². The Hall–Kier alpha value is -1.98. The molecule has 0 spiro atoms. The van der Waals surface area contributed by atoms with E-state index >= 15 is 0 Å². The SMILES string of the molecule is COc1cc(-c2ccc(CO)cc2C(O)C(C)C)c(F)cn1. The molecule has 0 aliphatic rings. The number of halogens is 1. The van der Waals surface area contributed by atoms with Gasteiger partial charge in [-0.15, -0.1) is 0 Å². The molecule has 2 rings (SSSR count). The molecule has 2 aromatic rings. The second kappa shape index (κ2) is 6.85. The molecule has 0 saturated carbocycles. The summed E-state index contributed by atoms with van der Waals surface area (Å²) < 4.78 is 19.2. The minimum absolute atomic E-state index is 0.0421. The van der Waals surface area contributed by atoms with Gasteiger partial charge in [-0.2, -0.15) is 0 Å². The Morgan fingerprint density at radius 1 is 1.23 bits per heavy atom. The van der Waals surface area contributed by atoms with Crippen molar-refractivity contribution in [3.8, 4) is 17.0 Å². The first kappa shape index (κ1) is 16.4. The number of benzene rings is 1. The summed E-state index contributed by atoms with van der Waals surface area (Å²) in [6, 6.07) is 6.61. The maximum Gasteiger partial charge on any atom is 0.213 e. The van der Waals surface area contributed by atoms with Crippen LogP contribution in [0.1, 0.15) is 31.1 Å². The highest BCUT2D eigenvalue weighted by Crippen LogP contribution is 2.35. The summed E-state index contributed by atoms with van der Waals surface area (Å²) in [6.45, 7) is 3.62. The topological polar surface area (TPSA) is 62.6 Å². The highest BCUT2D eigenvalue weighted by molar-refractivity contribution is 5.69. The lowest BCUT2D eigenvalue weighted by molar-refractivity contribution is 0.127. The van der Waals surface area contributed by atoms with Crippen molar-refractivity contribution in [3.05, 3.63) is 47.4 Å². The van der Waals surface area contributed by atoms with Crippen molar-refractivity contribution in [2.24, 2.45) is 5.92 Å². The average molecular weight is 305 g/mol. The first-order chi connectivity index (χ1) is 10.5. The van der Waals surface area contributed by atoms with Crippen molar-refractivity contribution in [2.45, 2.75) is 26.6 Å². The van der Waals surface area contributed by atoms with Crippen LogP contribution >= 0.6 is 0 Å². The molecule has 22 heavy (non-hydrogen) atoms. The molecule has 0 radical (unpaired) electrons. The van der Waals surface area contributed by atoms with E-state index in [0.717, 1.165) is 6.20 Å². The number of aliphatic hydroxyl groups excluding tert-OH is 2. The fraction of sp³-hybridized carbons (Fsp3) is 0.353. The normalized spacial score (nSPS) is 12.5. The van der Waals surface area contributed by atoms with Gasteiger partial charge in [-0.3, -0.25) is 0 Å². The third-order valence-electron chi connectivity index (χ3n) is 3.58. The van der Waals surface area contributed by atoms with Crippen LogP contribution in [0.5, 0.6) is 5.88 Å². The van der Waals surface area contributed by atoms with Gasteiger partial charge in [0.05, 0.1) is 26.0 Å². The molecule has 2 N–H and O–H groups in total. The Labute approximate surface area is 129 Å². The fourth-order valence-electron chi connectivity index (χ4n) is 2.30. The van der Waals surface area contributed by atoms with E-state index < -0.39 is 11.9 Å². The summed E-state index contributed by atoms with van der Waals surface area (Å²) >= 11 is 0. The molecule has 1 heterocycles. The van der Waals surface area contributed by atoms with E-state index in [9.17, 15) is 14.6 Å². The molecular formula is C17H20FNO3. The van der Waals surface area contributed by atoms with Crippen LogP contribution in [0.4, 0.5) is 4.39 Å². The third kappa shape index (κ3) is 3.26. The van der Waals surface area contributed by atoms with Crippen molar-refractivity contribution in [3.63, 3.8) is 0 Å². The predicted octanol–water partition coefficient (Wildman–Crippen LogP) is 3.08. The van der Waals surface area contributed by atoms with E-state index in [1.165, 1.54) is 13.2 Å². The molecule has 4 nitrogen and oxygen atoms in total. The number of aliphatic hydroxyl groups is 2. The van der Waals surface area contributed by atoms with Gasteiger partial charge in [0.1, 0.15) is 5.82 Å². The summed E-state index contributed by atoms with van der Waals surface area (Å²) in [6.07, 6.45) is 0.333. The Balaban J connectivity index is 2.64. The van der Waals surface area contributed by atoms with Crippen LogP contribution in [0.25, 0.3) is 11.1 Å². The second-order valence-corrected chi connectivity index (χ2v) is 5.48. The molecule has 0 fully saturated rings. The summed E-state index contributed by atoms with van der Waals surface area (Å²) in [5.41, 5.74) is 2.12. The Bertz CT molecular complexity index is 658. The lowest BCUT2D eigenvalue weighted by Crippen LogP contribution is -2.08. The Morgan fingerprint density at radius 3 is 2.55 bits per heavy atom. The Kier molecular flexibility index (Phi) is 5.11. The molecule has 0 aliphatic heterocycles. The van der Waals surface area contributed by atoms with E-state index in [0.29, 0.717) is 28.1 Å². The molecule has 1 aromatic heterocycles. The van der Waals surface area contributed by atoms with Crippen LogP contribution in [0.3, 0.4) is 0 Å². The van der Waals surface area contributed by atoms with Crippen LogP contribution < -0.4 is 4.74 Å². The quantitative estimate of drug-likeness (QED) is 0.891. The highest BCUT2D eigenvalue weighted by Gasteiger charge is 2.20. The van der Waals surface area contributed by atoms with Crippen LogP contribution in [0.2, 0.25) is 0 Å². The van der Waals surface area contributed by atoms with Crippen LogP contribution in [-0.4, -0.2) is 22.3 Å². The van der Waals surface area contributed by atoms with Crippen molar-refractivity contribution in [1.29, 1.82) is 0 Å². The molecule has 118 valence electrons. The standard InChI is InChI=1S/C17H20FNO3/c1-10(2)17(21)14-6-11(9-20)4-5-12(14)13-7-16(22-3)19-8-15(13)18/h4-8,10,17,20-21H,9H2,1-3H3. The zero-order valence-corrected chi connectivity index (χ0v) is 12.9. The van der Waals surface area contributed by atoms with Crippen LogP contribution in [0, 0.1) is 11.7 Å². The van der Waals surface area contributed by atoms with Crippen LogP contribution in [-0.2, 0) is 6.61 Å². The summed E-state index contributed by atoms with van der Waals surface area (Å²) in [7, 11) is 1.46. The van der Waals surface area contributed by atoms with Gasteiger partial charge < -0.3 is 14.9 Å². The maximum absolute atomic E-state index is 14.2. The first-order valence-corrected chi connectivity index (χ1v) is 7.09. The van der Waals surface area contributed by atoms with Crippen molar-refractivity contribution >= 4 is 0 Å². The molecule has 1 atom stereocenters. The van der Waals surface area contributed by atoms with Gasteiger partial charge in [0.25, 0.3) is 0 Å². The monoisotopic (exact) mass is 305 g/mol. The highest BCUT2D eigenvalue weighted by atomic mass is 19.1. The van der Waals surface area contributed by atoms with Gasteiger partial charge in [0.15, 0.2) is 0 Å². The second-order valence-electron chi connectivity index (χ2n) is 5.48. The van der Waals surface area contributed by atoms with E-state index in [4.69, 9.17) is 4.74 Å². The van der Waals surface area contributed by atoms with E-state index in [2.05, 4.69) is 4.98 Å². The molecule has 0 bridgehead atoms. The average Bonchev–Trinajstić information content (AvgIpc) is 2.54. The number of pyridine rings is 1. The Morgan fingerprint density at radius 2 is 1.95 bits per heavy atom. The van der Waals surface area contributed by atoms with Crippen molar-refractivity contribution < 1.29 is 19.3 Å². The number of nitrogens with zero attached hydrogens (tertiary/aromatic N) is 1. The van der Waals surface area contributed by atoms with Gasteiger partial charge in [0.2, 0.25) is 5.88 Å². The molecular weight excluding hydrogens is 285 g/mol. The number of ether oxygens (including phenoxy) is 1. The zero-order valence-electron chi connectivity index (χ0n) is 12.9. The number of hydrogen-bond acceptors (Lipinski definition) is 4. The smallest absolute Gasteiger partial charge is 0.213 e. The number of hydrogen-bond donors (Lipinski definition) is 2. The molecule has 0 amide bonds. The van der Waals surface area contributed by atoms with Gasteiger partial charge in [0, 0.05) is 11.6 Å². The van der Waals surface area contributed by atoms with Crippen molar-refractivity contribution in [2.75, 3.05) is 7.11 Å². The summed E-state index contributed by atoms with van der Waals surface area (Å²) in [5.74, 6) is -0.234. The number of aromatic nitrogens is 1. The van der Waals surface area contributed by atoms with E-state index in [1.807, 2.05) is 13.8 Å². The molecule has 5 heteroatoms. The lowest BCUT2D eigenvalue weighted by Gasteiger charge is -2.20. The first-order valence-electron chi connectivity index (χ1n) is 7.09. The summed E-state index contributed by atoms with van der Waals surface area (Å²) in [4.78, 5) is 3.83. The lowest BCUT2D eigenvalue weighted by atomic mass is 9.90. The van der Waals surface area contributed by atoms with Crippen molar-refractivity contribution in [1.82, 2.24) is 4.98 Å². The van der Waals surface area contributed by atoms with Gasteiger partial charge in [-0.25, -0.2) is 9.37 Å². The van der Waals surface area contributed by atoms with Gasteiger partial charge in [-0.05, 0) is 22.6 Å².